The van der Waals surface area contributed by atoms with Crippen molar-refractivity contribution < 1.29 is 8.83 Å². The van der Waals surface area contributed by atoms with E-state index in [1.165, 1.54) is 16.6 Å². The Morgan fingerprint density at radius 1 is 0.756 bits per heavy atom. The number of aromatic nitrogens is 1. The second-order valence-electron chi connectivity index (χ2n) is 10.6. The van der Waals surface area contributed by atoms with Gasteiger partial charge in [0.25, 0.3) is 0 Å². The molecule has 9 rings (SSSR count). The van der Waals surface area contributed by atoms with E-state index < -0.39 is 0 Å². The van der Waals surface area contributed by atoms with Crippen LogP contribution >= 0.6 is 0 Å². The summed E-state index contributed by atoms with van der Waals surface area (Å²) in [7, 11) is 0. The maximum absolute atomic E-state index is 9.97. The molecule has 0 amide bonds. The highest BCUT2D eigenvalue weighted by molar-refractivity contribution is 6.20. The molecule has 0 saturated carbocycles. The van der Waals surface area contributed by atoms with Crippen molar-refractivity contribution in [3.8, 4) is 22.9 Å². The van der Waals surface area contributed by atoms with Crippen LogP contribution in [0.5, 0.6) is 0 Å². The second kappa shape index (κ2) is 8.15. The predicted molar refractivity (Wildman–Crippen MR) is 163 cm³/mol. The van der Waals surface area contributed by atoms with Crippen LogP contribution in [0.25, 0.3) is 77.7 Å². The van der Waals surface area contributed by atoms with Gasteiger partial charge in [-0.15, -0.1) is 0 Å². The topological polar surface area (TPSA) is 55.0 Å². The quantitative estimate of drug-likeness (QED) is 0.226. The molecule has 1 aliphatic rings. The van der Waals surface area contributed by atoms with Gasteiger partial charge in [-0.2, -0.15) is 5.26 Å². The van der Waals surface area contributed by atoms with Gasteiger partial charge in [-0.25, -0.2) is 0 Å². The van der Waals surface area contributed by atoms with E-state index in [2.05, 4.69) is 71.3 Å². The summed E-state index contributed by atoms with van der Waals surface area (Å²) >= 11 is 0. The van der Waals surface area contributed by atoms with Gasteiger partial charge < -0.3 is 13.4 Å². The van der Waals surface area contributed by atoms with Crippen molar-refractivity contribution in [3.05, 3.63) is 120 Å². The van der Waals surface area contributed by atoms with E-state index in [1.54, 1.807) is 0 Å². The SMILES string of the molecule is N#Cc1ccc(-c2c#cc3oc4ccccc4c3c2)c(-n2c3c(c4ccc5oc6ccccc6c5c42)C=CCC3)c1. The zero-order chi connectivity index (χ0) is 27.1. The fourth-order valence-corrected chi connectivity index (χ4v) is 6.54. The molecule has 4 heteroatoms. The first kappa shape index (κ1) is 22.1. The molecule has 0 fully saturated rings. The number of furan rings is 2. The Bertz CT molecular complexity index is 2440. The van der Waals surface area contributed by atoms with Gasteiger partial charge in [-0.05, 0) is 61.4 Å². The van der Waals surface area contributed by atoms with Crippen molar-refractivity contribution in [2.45, 2.75) is 12.8 Å². The number of fused-ring (bicyclic) bond motifs is 10. The van der Waals surface area contributed by atoms with E-state index in [1.807, 2.05) is 48.5 Å². The van der Waals surface area contributed by atoms with Gasteiger partial charge in [-0.1, -0.05) is 60.7 Å². The number of nitriles is 1. The summed E-state index contributed by atoms with van der Waals surface area (Å²) in [6.45, 7) is 0. The molecular weight excluding hydrogens is 504 g/mol. The number of nitrogens with zero attached hydrogens (tertiary/aromatic N) is 2. The second-order valence-corrected chi connectivity index (χ2v) is 10.6. The van der Waals surface area contributed by atoms with Crippen LogP contribution in [-0.2, 0) is 6.42 Å². The van der Waals surface area contributed by atoms with E-state index in [0.717, 1.165) is 73.5 Å². The van der Waals surface area contributed by atoms with Crippen LogP contribution in [0, 0.1) is 23.5 Å². The number of hydrogen-bond acceptors (Lipinski definition) is 3. The monoisotopic (exact) mass is 524 g/mol. The van der Waals surface area contributed by atoms with Crippen LogP contribution in [0.15, 0.2) is 99.8 Å². The van der Waals surface area contributed by atoms with Crippen molar-refractivity contribution in [2.24, 2.45) is 0 Å². The molecule has 190 valence electrons. The van der Waals surface area contributed by atoms with Gasteiger partial charge in [0.05, 0.1) is 28.2 Å². The molecule has 0 saturated heterocycles. The highest BCUT2D eigenvalue weighted by Crippen LogP contribution is 2.43. The maximum Gasteiger partial charge on any atom is 0.185 e. The molecule has 0 radical (unpaired) electrons. The van der Waals surface area contributed by atoms with E-state index in [-0.39, 0.29) is 0 Å². The molecule has 0 spiro atoms. The number of rotatable bonds is 2. The first-order valence-electron chi connectivity index (χ1n) is 13.7. The summed E-state index contributed by atoms with van der Waals surface area (Å²) in [6.07, 6.45) is 6.34. The summed E-state index contributed by atoms with van der Waals surface area (Å²) in [4.78, 5) is 0. The Kier molecular flexibility index (Phi) is 4.40. The fourth-order valence-electron chi connectivity index (χ4n) is 6.54. The first-order chi connectivity index (χ1) is 20.3. The Labute approximate surface area is 234 Å². The van der Waals surface area contributed by atoms with E-state index >= 15 is 0 Å². The molecular formula is C37H20N2O2. The molecule has 41 heavy (non-hydrogen) atoms. The summed E-state index contributed by atoms with van der Waals surface area (Å²) in [5, 5.41) is 15.4. The Hall–Kier alpha value is -5.71. The molecule has 0 aliphatic heterocycles. The smallest absolute Gasteiger partial charge is 0.185 e. The Balaban J connectivity index is 1.42. The van der Waals surface area contributed by atoms with Crippen molar-refractivity contribution in [2.75, 3.05) is 0 Å². The maximum atomic E-state index is 9.97. The standard InChI is InChI=1S/C37H20N2O2/c38-21-22-13-15-24(23-14-17-34-29(20-23)26-8-2-5-11-32(26)40-34)31(19-22)39-30-10-4-1-7-25(30)27-16-18-35-36(37(27)39)28-9-3-6-12-33(28)41-35/h1-3,5-9,11-13,15-16,18-20H,4,10H2. The molecule has 4 nitrogen and oxygen atoms in total. The minimum Gasteiger partial charge on any atom is -0.456 e. The molecule has 0 N–H and O–H groups in total. The number of allylic oxidation sites excluding steroid dienone is 1. The lowest BCUT2D eigenvalue weighted by atomic mass is 9.99. The average Bonchev–Trinajstić information content (AvgIpc) is 3.69. The average molecular weight is 525 g/mol. The van der Waals surface area contributed by atoms with Crippen molar-refractivity contribution in [1.29, 1.82) is 5.26 Å². The van der Waals surface area contributed by atoms with Crippen molar-refractivity contribution in [1.82, 2.24) is 4.57 Å². The van der Waals surface area contributed by atoms with E-state index in [4.69, 9.17) is 8.83 Å². The number of benzene rings is 4. The van der Waals surface area contributed by atoms with E-state index in [9.17, 15) is 5.26 Å². The molecule has 8 aromatic rings. The minimum atomic E-state index is 0.605. The molecule has 0 unspecified atom stereocenters. The summed E-state index contributed by atoms with van der Waals surface area (Å²) in [5.41, 5.74) is 10.2. The molecule has 5 aromatic carbocycles. The Morgan fingerprint density at radius 3 is 2.46 bits per heavy atom. The lowest BCUT2D eigenvalue weighted by Gasteiger charge is -2.17. The van der Waals surface area contributed by atoms with Crippen LogP contribution in [0.1, 0.15) is 23.2 Å². The lowest BCUT2D eigenvalue weighted by molar-refractivity contribution is 0.669. The lowest BCUT2D eigenvalue weighted by Crippen LogP contribution is -2.05. The van der Waals surface area contributed by atoms with Crippen LogP contribution < -0.4 is 0 Å². The summed E-state index contributed by atoms with van der Waals surface area (Å²) in [6, 6.07) is 37.5. The predicted octanol–water partition coefficient (Wildman–Crippen LogP) is 9.53. The third kappa shape index (κ3) is 3.05. The van der Waals surface area contributed by atoms with Gasteiger partial charge in [-0.3, -0.25) is 0 Å². The normalized spacial score (nSPS) is 12.9. The third-order valence-electron chi connectivity index (χ3n) is 8.33. The molecule has 3 aromatic heterocycles. The van der Waals surface area contributed by atoms with Crippen LogP contribution in [0.2, 0.25) is 0 Å². The van der Waals surface area contributed by atoms with Crippen LogP contribution in [0.3, 0.4) is 0 Å². The molecule has 1 aliphatic carbocycles. The molecule has 0 bridgehead atoms. The zero-order valence-electron chi connectivity index (χ0n) is 21.9. The van der Waals surface area contributed by atoms with Crippen molar-refractivity contribution in [3.63, 3.8) is 0 Å². The summed E-state index contributed by atoms with van der Waals surface area (Å²) in [5.74, 6) is 0. The van der Waals surface area contributed by atoms with Crippen LogP contribution in [-0.4, -0.2) is 4.57 Å². The number of para-hydroxylation sites is 2. The minimum absolute atomic E-state index is 0.605. The largest absolute Gasteiger partial charge is 0.456 e. The zero-order valence-corrected chi connectivity index (χ0v) is 21.9. The first-order valence-corrected chi connectivity index (χ1v) is 13.7. The fraction of sp³-hybridized carbons (Fsp3) is 0.0541. The molecule has 3 heterocycles. The van der Waals surface area contributed by atoms with Gasteiger partial charge in [0.15, 0.2) is 5.58 Å². The van der Waals surface area contributed by atoms with E-state index in [0.29, 0.717) is 11.1 Å². The van der Waals surface area contributed by atoms with Crippen molar-refractivity contribution >= 4 is 60.9 Å². The third-order valence-corrected chi connectivity index (χ3v) is 8.33. The number of hydrogen-bond donors (Lipinski definition) is 0. The van der Waals surface area contributed by atoms with Gasteiger partial charge >= 0.3 is 0 Å². The summed E-state index contributed by atoms with van der Waals surface area (Å²) < 4.78 is 14.7. The van der Waals surface area contributed by atoms with Gasteiger partial charge in [0, 0.05) is 43.9 Å². The van der Waals surface area contributed by atoms with Crippen LogP contribution in [0.4, 0.5) is 0 Å². The van der Waals surface area contributed by atoms with Gasteiger partial charge in [0.1, 0.15) is 16.7 Å². The van der Waals surface area contributed by atoms with Gasteiger partial charge in [0.2, 0.25) is 0 Å². The Morgan fingerprint density at radius 2 is 1.59 bits per heavy atom. The molecule has 0 atom stereocenters. The highest BCUT2D eigenvalue weighted by Gasteiger charge is 2.25. The highest BCUT2D eigenvalue weighted by atomic mass is 16.3.